The molecule has 0 bridgehead atoms. The van der Waals surface area contributed by atoms with Crippen LogP contribution in [-0.2, 0) is 0 Å². The number of likely N-dealkylation sites (tertiary alicyclic amines) is 1. The van der Waals surface area contributed by atoms with E-state index in [2.05, 4.69) is 18.7 Å². The molecule has 1 saturated heterocycles. The van der Waals surface area contributed by atoms with Crippen LogP contribution in [0, 0.1) is 0 Å². The highest BCUT2D eigenvalue weighted by atomic mass is 15.1. The molecule has 0 aromatic carbocycles. The van der Waals surface area contributed by atoms with Gasteiger partial charge in [-0.2, -0.15) is 0 Å². The molecule has 0 aliphatic carbocycles. The topological polar surface area (TPSA) is 3.24 Å². The quantitative estimate of drug-likeness (QED) is 0.352. The van der Waals surface area contributed by atoms with Crippen LogP contribution >= 0.6 is 0 Å². The molecule has 1 nitrogen and oxygen atoms in total. The lowest BCUT2D eigenvalue weighted by Crippen LogP contribution is -2.37. The minimum atomic E-state index is 0.900. The van der Waals surface area contributed by atoms with Crippen molar-refractivity contribution in [3.63, 3.8) is 0 Å². The van der Waals surface area contributed by atoms with E-state index in [0.29, 0.717) is 0 Å². The smallest absolute Gasteiger partial charge is 0.00952 e. The summed E-state index contributed by atoms with van der Waals surface area (Å²) in [6.07, 6.45) is 23.1. The fourth-order valence-corrected chi connectivity index (χ4v) is 3.94. The summed E-state index contributed by atoms with van der Waals surface area (Å²) in [4.78, 5) is 2.88. The van der Waals surface area contributed by atoms with E-state index in [9.17, 15) is 0 Å². The van der Waals surface area contributed by atoms with Crippen LogP contribution < -0.4 is 0 Å². The van der Waals surface area contributed by atoms with Crippen molar-refractivity contribution in [1.82, 2.24) is 4.90 Å². The molecule has 1 aliphatic rings. The first-order valence-corrected chi connectivity index (χ1v) is 10.6. The molecule has 0 radical (unpaired) electrons. The molecule has 1 heterocycles. The van der Waals surface area contributed by atoms with Gasteiger partial charge in [0.15, 0.2) is 0 Å². The number of unbranched alkanes of at least 4 members (excludes halogenated alkanes) is 7. The van der Waals surface area contributed by atoms with Gasteiger partial charge in [0.05, 0.1) is 0 Å². The first kappa shape index (κ1) is 20.0. The van der Waals surface area contributed by atoms with E-state index in [1.165, 1.54) is 116 Å². The summed E-state index contributed by atoms with van der Waals surface area (Å²) < 4.78 is 0. The molecule has 1 atom stereocenters. The van der Waals surface area contributed by atoms with Crippen molar-refractivity contribution < 1.29 is 0 Å². The molecular formula is C21H43N. The zero-order valence-electron chi connectivity index (χ0n) is 15.8. The third-order valence-electron chi connectivity index (χ3n) is 5.44. The monoisotopic (exact) mass is 309 g/mol. The van der Waals surface area contributed by atoms with Gasteiger partial charge in [-0.05, 0) is 38.8 Å². The van der Waals surface area contributed by atoms with Gasteiger partial charge >= 0.3 is 0 Å². The first-order chi connectivity index (χ1) is 10.9. The first-order valence-electron chi connectivity index (χ1n) is 10.6. The third-order valence-corrected chi connectivity index (χ3v) is 5.44. The van der Waals surface area contributed by atoms with E-state index in [0.717, 1.165) is 6.04 Å². The molecule has 0 amide bonds. The Morgan fingerprint density at radius 2 is 1.05 bits per heavy atom. The second kappa shape index (κ2) is 14.5. The standard InChI is InChI=1S/C21H43N/c1-3-5-7-10-14-18-21(17-13-8-6-4-2)22-19-15-11-9-12-16-20-22/h21H,3-20H2,1-2H3. The Hall–Kier alpha value is -0.0400. The van der Waals surface area contributed by atoms with Crippen molar-refractivity contribution in [1.29, 1.82) is 0 Å². The van der Waals surface area contributed by atoms with Gasteiger partial charge in [0.1, 0.15) is 0 Å². The maximum absolute atomic E-state index is 2.88. The average molecular weight is 310 g/mol. The Morgan fingerprint density at radius 1 is 0.591 bits per heavy atom. The fraction of sp³-hybridized carbons (Fsp3) is 1.00. The Bertz CT molecular complexity index is 218. The molecule has 0 aromatic rings. The van der Waals surface area contributed by atoms with Crippen LogP contribution in [0.5, 0.6) is 0 Å². The highest BCUT2D eigenvalue weighted by molar-refractivity contribution is 4.74. The normalized spacial score (nSPS) is 18.8. The van der Waals surface area contributed by atoms with Crippen LogP contribution in [0.4, 0.5) is 0 Å². The third kappa shape index (κ3) is 9.87. The van der Waals surface area contributed by atoms with E-state index in [1.54, 1.807) is 0 Å². The van der Waals surface area contributed by atoms with Gasteiger partial charge in [0.25, 0.3) is 0 Å². The van der Waals surface area contributed by atoms with Gasteiger partial charge < -0.3 is 4.90 Å². The Labute approximate surface area is 141 Å². The summed E-state index contributed by atoms with van der Waals surface area (Å²) in [5.41, 5.74) is 0. The SMILES string of the molecule is CCCCCCCC(CCCCCC)N1CCCCCCC1. The molecule has 1 rings (SSSR count). The lowest BCUT2D eigenvalue weighted by molar-refractivity contribution is 0.156. The van der Waals surface area contributed by atoms with Gasteiger partial charge in [0, 0.05) is 6.04 Å². The summed E-state index contributed by atoms with van der Waals surface area (Å²) in [6.45, 7) is 7.40. The molecule has 0 spiro atoms. The molecule has 0 N–H and O–H groups in total. The van der Waals surface area contributed by atoms with Crippen molar-refractivity contribution >= 4 is 0 Å². The molecular weight excluding hydrogens is 266 g/mol. The Morgan fingerprint density at radius 3 is 1.59 bits per heavy atom. The van der Waals surface area contributed by atoms with Crippen LogP contribution in [0.1, 0.15) is 117 Å². The van der Waals surface area contributed by atoms with E-state index in [1.807, 2.05) is 0 Å². The molecule has 0 saturated carbocycles. The number of rotatable bonds is 12. The molecule has 1 heteroatoms. The van der Waals surface area contributed by atoms with Crippen molar-refractivity contribution in [2.75, 3.05) is 13.1 Å². The summed E-state index contributed by atoms with van der Waals surface area (Å²) in [6, 6.07) is 0.900. The van der Waals surface area contributed by atoms with Crippen molar-refractivity contribution in [3.05, 3.63) is 0 Å². The molecule has 1 aliphatic heterocycles. The minimum absolute atomic E-state index is 0.900. The van der Waals surface area contributed by atoms with Crippen LogP contribution in [-0.4, -0.2) is 24.0 Å². The van der Waals surface area contributed by atoms with Crippen LogP contribution in [0.3, 0.4) is 0 Å². The lowest BCUT2D eigenvalue weighted by Gasteiger charge is -2.33. The van der Waals surface area contributed by atoms with E-state index >= 15 is 0 Å². The highest BCUT2D eigenvalue weighted by Crippen LogP contribution is 2.21. The second-order valence-electron chi connectivity index (χ2n) is 7.51. The van der Waals surface area contributed by atoms with Gasteiger partial charge in [-0.3, -0.25) is 0 Å². The summed E-state index contributed by atoms with van der Waals surface area (Å²) in [5.74, 6) is 0. The van der Waals surface area contributed by atoms with Crippen LogP contribution in [0.25, 0.3) is 0 Å². The van der Waals surface area contributed by atoms with Crippen molar-refractivity contribution in [2.24, 2.45) is 0 Å². The van der Waals surface area contributed by atoms with Crippen molar-refractivity contribution in [3.8, 4) is 0 Å². The molecule has 0 aromatic heterocycles. The van der Waals surface area contributed by atoms with E-state index < -0.39 is 0 Å². The highest BCUT2D eigenvalue weighted by Gasteiger charge is 2.18. The van der Waals surface area contributed by atoms with Gasteiger partial charge in [0.2, 0.25) is 0 Å². The predicted molar refractivity (Wildman–Crippen MR) is 101 cm³/mol. The van der Waals surface area contributed by atoms with Gasteiger partial charge in [-0.25, -0.2) is 0 Å². The molecule has 1 fully saturated rings. The molecule has 1 unspecified atom stereocenters. The van der Waals surface area contributed by atoms with Crippen LogP contribution in [0.15, 0.2) is 0 Å². The van der Waals surface area contributed by atoms with Gasteiger partial charge in [-0.1, -0.05) is 90.9 Å². The fourth-order valence-electron chi connectivity index (χ4n) is 3.94. The van der Waals surface area contributed by atoms with Crippen LogP contribution in [0.2, 0.25) is 0 Å². The van der Waals surface area contributed by atoms with Crippen molar-refractivity contribution in [2.45, 2.75) is 123 Å². The average Bonchev–Trinajstić information content (AvgIpc) is 2.49. The minimum Gasteiger partial charge on any atom is -0.300 e. The maximum atomic E-state index is 2.88. The Kier molecular flexibility index (Phi) is 13.2. The summed E-state index contributed by atoms with van der Waals surface area (Å²) in [5, 5.41) is 0. The molecule has 132 valence electrons. The summed E-state index contributed by atoms with van der Waals surface area (Å²) in [7, 11) is 0. The number of hydrogen-bond donors (Lipinski definition) is 0. The number of nitrogens with zero attached hydrogens (tertiary/aromatic N) is 1. The molecule has 22 heavy (non-hydrogen) atoms. The second-order valence-corrected chi connectivity index (χ2v) is 7.51. The number of hydrogen-bond acceptors (Lipinski definition) is 1. The lowest BCUT2D eigenvalue weighted by atomic mass is 9.97. The van der Waals surface area contributed by atoms with Gasteiger partial charge in [-0.15, -0.1) is 0 Å². The van der Waals surface area contributed by atoms with E-state index in [-0.39, 0.29) is 0 Å². The summed E-state index contributed by atoms with van der Waals surface area (Å²) >= 11 is 0. The zero-order chi connectivity index (χ0) is 15.9. The van der Waals surface area contributed by atoms with E-state index in [4.69, 9.17) is 0 Å². The largest absolute Gasteiger partial charge is 0.300 e. The zero-order valence-corrected chi connectivity index (χ0v) is 15.8. The maximum Gasteiger partial charge on any atom is 0.00952 e. The predicted octanol–water partition coefficient (Wildman–Crippen LogP) is 6.95. The Balaban J connectivity index is 2.33.